The Labute approximate surface area is 146 Å². The Morgan fingerprint density at radius 1 is 1.32 bits per heavy atom. The average Bonchev–Trinajstić information content (AvgIpc) is 3.32. The molecule has 0 spiro atoms. The SMILES string of the molecule is CCCC(=O)N1CCCC1C(=O)NCc1ccc(-c2nnco2)cc1. The van der Waals surface area contributed by atoms with Crippen LogP contribution in [0.1, 0.15) is 38.2 Å². The molecule has 0 saturated carbocycles. The maximum absolute atomic E-state index is 12.5. The van der Waals surface area contributed by atoms with Gasteiger partial charge in [0, 0.05) is 25.1 Å². The van der Waals surface area contributed by atoms with Gasteiger partial charge in [-0.05, 0) is 37.0 Å². The molecule has 1 N–H and O–H groups in total. The molecule has 25 heavy (non-hydrogen) atoms. The molecule has 2 heterocycles. The number of benzene rings is 1. The summed E-state index contributed by atoms with van der Waals surface area (Å²) in [5.41, 5.74) is 1.81. The van der Waals surface area contributed by atoms with Gasteiger partial charge < -0.3 is 14.6 Å². The molecule has 1 aliphatic rings. The smallest absolute Gasteiger partial charge is 0.247 e. The summed E-state index contributed by atoms with van der Waals surface area (Å²) < 4.78 is 5.15. The van der Waals surface area contributed by atoms with E-state index in [0.29, 0.717) is 25.4 Å². The van der Waals surface area contributed by atoms with Gasteiger partial charge in [-0.1, -0.05) is 19.1 Å². The van der Waals surface area contributed by atoms with E-state index in [0.717, 1.165) is 30.4 Å². The van der Waals surface area contributed by atoms with Gasteiger partial charge in [0.1, 0.15) is 6.04 Å². The molecular formula is C18H22N4O3. The third-order valence-corrected chi connectivity index (χ3v) is 4.37. The molecule has 3 rings (SSSR count). The van der Waals surface area contributed by atoms with Crippen molar-refractivity contribution in [2.45, 2.75) is 45.2 Å². The first-order chi connectivity index (χ1) is 12.2. The lowest BCUT2D eigenvalue weighted by molar-refractivity contribution is -0.138. The highest BCUT2D eigenvalue weighted by atomic mass is 16.4. The zero-order chi connectivity index (χ0) is 17.6. The van der Waals surface area contributed by atoms with Crippen molar-refractivity contribution >= 4 is 11.8 Å². The molecule has 1 aromatic heterocycles. The van der Waals surface area contributed by atoms with E-state index in [2.05, 4.69) is 15.5 Å². The largest absolute Gasteiger partial charge is 0.423 e. The van der Waals surface area contributed by atoms with Crippen molar-refractivity contribution in [3.8, 4) is 11.5 Å². The highest BCUT2D eigenvalue weighted by Gasteiger charge is 2.33. The van der Waals surface area contributed by atoms with Crippen LogP contribution in [0.3, 0.4) is 0 Å². The zero-order valence-electron chi connectivity index (χ0n) is 14.3. The van der Waals surface area contributed by atoms with Crippen LogP contribution in [0.15, 0.2) is 35.1 Å². The predicted octanol–water partition coefficient (Wildman–Crippen LogP) is 2.14. The molecule has 1 atom stereocenters. The minimum atomic E-state index is -0.336. The van der Waals surface area contributed by atoms with Crippen LogP contribution in [-0.4, -0.2) is 39.5 Å². The van der Waals surface area contributed by atoms with Crippen LogP contribution >= 0.6 is 0 Å². The topological polar surface area (TPSA) is 88.3 Å². The van der Waals surface area contributed by atoms with Crippen LogP contribution in [0, 0.1) is 0 Å². The zero-order valence-corrected chi connectivity index (χ0v) is 14.3. The monoisotopic (exact) mass is 342 g/mol. The second kappa shape index (κ2) is 7.92. The normalized spacial score (nSPS) is 16.8. The quantitative estimate of drug-likeness (QED) is 0.869. The second-order valence-electron chi connectivity index (χ2n) is 6.15. The first-order valence-electron chi connectivity index (χ1n) is 8.61. The maximum Gasteiger partial charge on any atom is 0.247 e. The number of amides is 2. The van der Waals surface area contributed by atoms with Crippen molar-refractivity contribution in [2.75, 3.05) is 6.54 Å². The molecule has 1 aromatic carbocycles. The summed E-state index contributed by atoms with van der Waals surface area (Å²) in [6.07, 6.45) is 4.21. The Hall–Kier alpha value is -2.70. The number of hydrogen-bond acceptors (Lipinski definition) is 5. The summed E-state index contributed by atoms with van der Waals surface area (Å²) in [7, 11) is 0. The molecule has 0 aliphatic carbocycles. The number of aromatic nitrogens is 2. The number of carbonyl (C=O) groups excluding carboxylic acids is 2. The van der Waals surface area contributed by atoms with Crippen LogP contribution in [0.25, 0.3) is 11.5 Å². The summed E-state index contributed by atoms with van der Waals surface area (Å²) in [6.45, 7) is 3.08. The number of rotatable bonds is 6. The molecule has 1 fully saturated rings. The Morgan fingerprint density at radius 3 is 2.80 bits per heavy atom. The van der Waals surface area contributed by atoms with Gasteiger partial charge in [-0.15, -0.1) is 10.2 Å². The van der Waals surface area contributed by atoms with Gasteiger partial charge in [0.15, 0.2) is 0 Å². The van der Waals surface area contributed by atoms with E-state index in [4.69, 9.17) is 4.42 Å². The van der Waals surface area contributed by atoms with E-state index in [1.54, 1.807) is 4.90 Å². The highest BCUT2D eigenvalue weighted by molar-refractivity contribution is 5.88. The summed E-state index contributed by atoms with van der Waals surface area (Å²) >= 11 is 0. The van der Waals surface area contributed by atoms with E-state index in [1.807, 2.05) is 31.2 Å². The van der Waals surface area contributed by atoms with E-state index in [-0.39, 0.29) is 17.9 Å². The van der Waals surface area contributed by atoms with E-state index in [9.17, 15) is 9.59 Å². The molecule has 2 amide bonds. The van der Waals surface area contributed by atoms with Crippen molar-refractivity contribution in [3.05, 3.63) is 36.2 Å². The number of carbonyl (C=O) groups is 2. The van der Waals surface area contributed by atoms with Gasteiger partial charge >= 0.3 is 0 Å². The van der Waals surface area contributed by atoms with Gasteiger partial charge in [-0.2, -0.15) is 0 Å². The van der Waals surface area contributed by atoms with Crippen molar-refractivity contribution in [1.82, 2.24) is 20.4 Å². The average molecular weight is 342 g/mol. The third kappa shape index (κ3) is 4.04. The Balaban J connectivity index is 1.56. The first kappa shape index (κ1) is 17.1. The molecule has 7 nitrogen and oxygen atoms in total. The van der Waals surface area contributed by atoms with Gasteiger partial charge in [-0.3, -0.25) is 9.59 Å². The van der Waals surface area contributed by atoms with Crippen LogP contribution < -0.4 is 5.32 Å². The molecule has 7 heteroatoms. The molecule has 1 aliphatic heterocycles. The van der Waals surface area contributed by atoms with Crippen LogP contribution in [0.5, 0.6) is 0 Å². The first-order valence-corrected chi connectivity index (χ1v) is 8.61. The lowest BCUT2D eigenvalue weighted by atomic mass is 10.1. The van der Waals surface area contributed by atoms with Crippen LogP contribution in [-0.2, 0) is 16.1 Å². The summed E-state index contributed by atoms with van der Waals surface area (Å²) in [5, 5.41) is 10.4. The van der Waals surface area contributed by atoms with Gasteiger partial charge in [0.25, 0.3) is 0 Å². The van der Waals surface area contributed by atoms with Crippen LogP contribution in [0.4, 0.5) is 0 Å². The van der Waals surface area contributed by atoms with Crippen LogP contribution in [0.2, 0.25) is 0 Å². The van der Waals surface area contributed by atoms with Gasteiger partial charge in [-0.25, -0.2) is 0 Å². The number of nitrogens with one attached hydrogen (secondary N) is 1. The molecule has 2 aromatic rings. The fourth-order valence-electron chi connectivity index (χ4n) is 3.07. The maximum atomic E-state index is 12.5. The molecule has 0 radical (unpaired) electrons. The van der Waals surface area contributed by atoms with Gasteiger partial charge in [0.2, 0.25) is 24.1 Å². The standard InChI is InChI=1S/C18H22N4O3/c1-2-4-16(23)22-10-3-5-15(22)17(24)19-11-13-6-8-14(9-7-13)18-21-20-12-25-18/h6-9,12,15H,2-5,10-11H2,1H3,(H,19,24). The lowest BCUT2D eigenvalue weighted by Gasteiger charge is -2.23. The van der Waals surface area contributed by atoms with E-state index in [1.165, 1.54) is 6.39 Å². The minimum Gasteiger partial charge on any atom is -0.423 e. The minimum absolute atomic E-state index is 0.0732. The van der Waals surface area contributed by atoms with E-state index < -0.39 is 0 Å². The number of hydrogen-bond donors (Lipinski definition) is 1. The van der Waals surface area contributed by atoms with Crippen molar-refractivity contribution in [3.63, 3.8) is 0 Å². The number of likely N-dealkylation sites (tertiary alicyclic amines) is 1. The summed E-state index contributed by atoms with van der Waals surface area (Å²) in [6, 6.07) is 7.24. The fraction of sp³-hybridized carbons (Fsp3) is 0.444. The fourth-order valence-corrected chi connectivity index (χ4v) is 3.07. The highest BCUT2D eigenvalue weighted by Crippen LogP contribution is 2.20. The molecule has 0 bridgehead atoms. The third-order valence-electron chi connectivity index (χ3n) is 4.37. The van der Waals surface area contributed by atoms with Crippen molar-refractivity contribution in [1.29, 1.82) is 0 Å². The van der Waals surface area contributed by atoms with Crippen molar-refractivity contribution in [2.24, 2.45) is 0 Å². The summed E-state index contributed by atoms with van der Waals surface area (Å²) in [4.78, 5) is 26.3. The Bertz CT molecular complexity index is 712. The predicted molar refractivity (Wildman–Crippen MR) is 91.2 cm³/mol. The summed E-state index contributed by atoms with van der Waals surface area (Å²) in [5.74, 6) is 0.457. The number of nitrogens with zero attached hydrogens (tertiary/aromatic N) is 3. The molecule has 1 saturated heterocycles. The van der Waals surface area contributed by atoms with E-state index >= 15 is 0 Å². The molecular weight excluding hydrogens is 320 g/mol. The second-order valence-corrected chi connectivity index (χ2v) is 6.15. The Kier molecular flexibility index (Phi) is 5.42. The Morgan fingerprint density at radius 2 is 2.12 bits per heavy atom. The van der Waals surface area contributed by atoms with Gasteiger partial charge in [0.05, 0.1) is 0 Å². The lowest BCUT2D eigenvalue weighted by Crippen LogP contribution is -2.45. The van der Waals surface area contributed by atoms with Crippen molar-refractivity contribution < 1.29 is 14.0 Å². The molecule has 1 unspecified atom stereocenters. The molecule has 132 valence electrons.